The molecule has 0 aliphatic heterocycles. The van der Waals surface area contributed by atoms with Crippen molar-refractivity contribution in [2.24, 2.45) is 0 Å². The standard InChI is InChI=1S/C20H26N6O6S/c1-2-3-11-32-19-24-16(21)15-17(25-19)26(20(29)23-15)10-5-4-9-22-33(30,31)14-8-6-7-13(12-14)18(27)28/h6-8,12,22H,2-5,9-11H2,1H3,(H,23,29)(H,27,28)(H2,21,24,25). The van der Waals surface area contributed by atoms with Crippen LogP contribution in [0.5, 0.6) is 6.01 Å². The van der Waals surface area contributed by atoms with Crippen LogP contribution in [-0.2, 0) is 16.6 Å². The number of aromatic nitrogens is 4. The fourth-order valence-corrected chi connectivity index (χ4v) is 4.21. The zero-order valence-electron chi connectivity index (χ0n) is 18.1. The lowest BCUT2D eigenvalue weighted by Gasteiger charge is -2.08. The van der Waals surface area contributed by atoms with Crippen molar-refractivity contribution in [3.8, 4) is 6.01 Å². The first kappa shape index (κ1) is 24.2. The average molecular weight is 479 g/mol. The van der Waals surface area contributed by atoms with Gasteiger partial charge in [0.1, 0.15) is 5.52 Å². The molecule has 2 heterocycles. The number of carbonyl (C=O) groups is 1. The Balaban J connectivity index is 1.62. The van der Waals surface area contributed by atoms with E-state index in [1.165, 1.54) is 22.8 Å². The van der Waals surface area contributed by atoms with Crippen LogP contribution < -0.4 is 20.9 Å². The van der Waals surface area contributed by atoms with Gasteiger partial charge in [0.25, 0.3) is 0 Å². The van der Waals surface area contributed by atoms with Gasteiger partial charge in [0.15, 0.2) is 11.5 Å². The van der Waals surface area contributed by atoms with E-state index in [2.05, 4.69) is 19.7 Å². The second kappa shape index (κ2) is 10.4. The molecule has 1 aromatic carbocycles. The van der Waals surface area contributed by atoms with Gasteiger partial charge < -0.3 is 20.6 Å². The minimum atomic E-state index is -3.86. The number of anilines is 1. The monoisotopic (exact) mass is 478 g/mol. The Labute approximate surface area is 189 Å². The zero-order chi connectivity index (χ0) is 24.0. The summed E-state index contributed by atoms with van der Waals surface area (Å²) in [6.45, 7) is 2.85. The molecule has 0 radical (unpaired) electrons. The van der Waals surface area contributed by atoms with E-state index in [0.717, 1.165) is 18.9 Å². The normalized spacial score (nSPS) is 11.7. The molecule has 0 fully saturated rings. The molecule has 0 bridgehead atoms. The van der Waals surface area contributed by atoms with Gasteiger partial charge in [0, 0.05) is 13.1 Å². The third kappa shape index (κ3) is 5.87. The van der Waals surface area contributed by atoms with Crippen molar-refractivity contribution in [1.82, 2.24) is 24.2 Å². The van der Waals surface area contributed by atoms with Crippen molar-refractivity contribution in [2.45, 2.75) is 44.0 Å². The number of hydrogen-bond acceptors (Lipinski definition) is 8. The van der Waals surface area contributed by atoms with E-state index < -0.39 is 21.7 Å². The molecule has 5 N–H and O–H groups in total. The van der Waals surface area contributed by atoms with Crippen molar-refractivity contribution >= 4 is 33.0 Å². The summed E-state index contributed by atoms with van der Waals surface area (Å²) < 4.78 is 34.2. The third-order valence-electron chi connectivity index (χ3n) is 4.85. The lowest BCUT2D eigenvalue weighted by atomic mass is 10.2. The topological polar surface area (TPSA) is 182 Å². The molecule has 0 saturated carbocycles. The van der Waals surface area contributed by atoms with Crippen LogP contribution in [0.15, 0.2) is 34.0 Å². The van der Waals surface area contributed by atoms with Crippen molar-refractivity contribution < 1.29 is 23.1 Å². The number of fused-ring (bicyclic) bond motifs is 1. The van der Waals surface area contributed by atoms with Gasteiger partial charge in [0.2, 0.25) is 10.0 Å². The predicted octanol–water partition coefficient (Wildman–Crippen LogP) is 1.34. The highest BCUT2D eigenvalue weighted by Gasteiger charge is 2.17. The summed E-state index contributed by atoms with van der Waals surface area (Å²) in [5.41, 5.74) is 6.05. The number of nitrogens with one attached hydrogen (secondary N) is 2. The highest BCUT2D eigenvalue weighted by molar-refractivity contribution is 7.89. The van der Waals surface area contributed by atoms with Crippen molar-refractivity contribution in [2.75, 3.05) is 18.9 Å². The molecule has 33 heavy (non-hydrogen) atoms. The van der Waals surface area contributed by atoms with Gasteiger partial charge in [-0.25, -0.2) is 22.7 Å². The number of nitrogens with zero attached hydrogens (tertiary/aromatic N) is 3. The fraction of sp³-hybridized carbons (Fsp3) is 0.400. The largest absolute Gasteiger partial charge is 0.478 e. The molecule has 178 valence electrons. The number of imidazole rings is 1. The number of benzene rings is 1. The van der Waals surface area contributed by atoms with Gasteiger partial charge >= 0.3 is 17.7 Å². The number of nitrogen functional groups attached to an aromatic ring is 1. The third-order valence-corrected chi connectivity index (χ3v) is 6.31. The lowest BCUT2D eigenvalue weighted by molar-refractivity contribution is 0.0696. The number of nitrogens with two attached hydrogens (primary N) is 1. The summed E-state index contributed by atoms with van der Waals surface area (Å²) in [7, 11) is -3.86. The Morgan fingerprint density at radius 3 is 2.79 bits per heavy atom. The Morgan fingerprint density at radius 1 is 1.27 bits per heavy atom. The first-order valence-corrected chi connectivity index (χ1v) is 11.9. The summed E-state index contributed by atoms with van der Waals surface area (Å²) in [5.74, 6) is -1.10. The highest BCUT2D eigenvalue weighted by Crippen LogP contribution is 2.18. The molecule has 0 unspecified atom stereocenters. The van der Waals surface area contributed by atoms with Gasteiger partial charge in [0.05, 0.1) is 17.1 Å². The minimum Gasteiger partial charge on any atom is -0.478 e. The Bertz CT molecular complexity index is 1300. The number of aromatic carboxylic acids is 1. The molecule has 0 spiro atoms. The van der Waals surface area contributed by atoms with E-state index >= 15 is 0 Å². The molecule has 0 aliphatic carbocycles. The molecule has 0 aliphatic rings. The Kier molecular flexibility index (Phi) is 7.66. The first-order valence-electron chi connectivity index (χ1n) is 10.4. The average Bonchev–Trinajstić information content (AvgIpc) is 3.09. The number of H-pyrrole nitrogens is 1. The summed E-state index contributed by atoms with van der Waals surface area (Å²) in [5, 5.41) is 9.03. The zero-order valence-corrected chi connectivity index (χ0v) is 18.9. The maximum atomic E-state index is 12.4. The lowest BCUT2D eigenvalue weighted by Crippen LogP contribution is -2.25. The van der Waals surface area contributed by atoms with E-state index in [-0.39, 0.29) is 35.4 Å². The van der Waals surface area contributed by atoms with Gasteiger partial charge in [-0.3, -0.25) is 4.57 Å². The van der Waals surface area contributed by atoms with Crippen LogP contribution in [0.1, 0.15) is 43.0 Å². The molecule has 3 rings (SSSR count). The molecule has 12 nitrogen and oxygen atoms in total. The Hall–Kier alpha value is -3.45. The quantitative estimate of drug-likeness (QED) is 0.279. The van der Waals surface area contributed by atoms with E-state index in [1.807, 2.05) is 6.92 Å². The number of unbranched alkanes of at least 4 members (excludes halogenated alkanes) is 2. The van der Waals surface area contributed by atoms with Gasteiger partial charge in [-0.15, -0.1) is 0 Å². The van der Waals surface area contributed by atoms with E-state index in [0.29, 0.717) is 30.6 Å². The van der Waals surface area contributed by atoms with Crippen LogP contribution in [0.3, 0.4) is 0 Å². The minimum absolute atomic E-state index is 0.0950. The van der Waals surface area contributed by atoms with Gasteiger partial charge in [-0.05, 0) is 37.5 Å². The molecular formula is C20H26N6O6S. The molecule has 13 heteroatoms. The summed E-state index contributed by atoms with van der Waals surface area (Å²) in [6, 6.07) is 5.20. The molecule has 0 atom stereocenters. The second-order valence-corrected chi connectivity index (χ2v) is 9.08. The van der Waals surface area contributed by atoms with E-state index in [4.69, 9.17) is 15.6 Å². The second-order valence-electron chi connectivity index (χ2n) is 7.31. The number of carboxylic acid groups (broad SMARTS) is 1. The smallest absolute Gasteiger partial charge is 0.335 e. The highest BCUT2D eigenvalue weighted by atomic mass is 32.2. The predicted molar refractivity (Wildman–Crippen MR) is 121 cm³/mol. The number of sulfonamides is 1. The summed E-state index contributed by atoms with van der Waals surface area (Å²) >= 11 is 0. The summed E-state index contributed by atoms with van der Waals surface area (Å²) in [6.07, 6.45) is 2.68. The molecular weight excluding hydrogens is 452 g/mol. The number of ether oxygens (including phenoxy) is 1. The Morgan fingerprint density at radius 2 is 2.06 bits per heavy atom. The van der Waals surface area contributed by atoms with Crippen molar-refractivity contribution in [3.05, 3.63) is 40.3 Å². The number of aryl methyl sites for hydroxylation is 1. The van der Waals surface area contributed by atoms with Crippen LogP contribution in [0, 0.1) is 0 Å². The first-order chi connectivity index (χ1) is 15.7. The van der Waals surface area contributed by atoms with Crippen molar-refractivity contribution in [1.29, 1.82) is 0 Å². The van der Waals surface area contributed by atoms with Crippen LogP contribution in [0.4, 0.5) is 5.82 Å². The summed E-state index contributed by atoms with van der Waals surface area (Å²) in [4.78, 5) is 34.2. The number of aromatic amines is 1. The van der Waals surface area contributed by atoms with E-state index in [9.17, 15) is 18.0 Å². The van der Waals surface area contributed by atoms with Crippen LogP contribution in [0.25, 0.3) is 11.2 Å². The maximum Gasteiger partial charge on any atom is 0.335 e. The maximum absolute atomic E-state index is 12.4. The molecule has 0 amide bonds. The van der Waals surface area contributed by atoms with Crippen molar-refractivity contribution in [3.63, 3.8) is 0 Å². The number of rotatable bonds is 12. The van der Waals surface area contributed by atoms with Gasteiger partial charge in [-0.1, -0.05) is 19.4 Å². The molecule has 3 aromatic rings. The number of hydrogen-bond donors (Lipinski definition) is 4. The van der Waals surface area contributed by atoms with Crippen LogP contribution in [-0.4, -0.2) is 52.2 Å². The molecule has 0 saturated heterocycles. The van der Waals surface area contributed by atoms with Gasteiger partial charge in [-0.2, -0.15) is 9.97 Å². The van der Waals surface area contributed by atoms with Crippen LogP contribution in [0.2, 0.25) is 0 Å². The number of carboxylic acids is 1. The van der Waals surface area contributed by atoms with Crippen LogP contribution >= 0.6 is 0 Å². The molecule has 2 aromatic heterocycles. The van der Waals surface area contributed by atoms with E-state index in [1.54, 1.807) is 0 Å². The fourth-order valence-electron chi connectivity index (χ4n) is 3.09. The SMILES string of the molecule is CCCCOc1nc(N)c2[nH]c(=O)n(CCCCNS(=O)(=O)c3cccc(C(=O)O)c3)c2n1.